The zero-order valence-corrected chi connectivity index (χ0v) is 12.4. The summed E-state index contributed by atoms with van der Waals surface area (Å²) in [5.41, 5.74) is 1.88. The molecule has 0 spiro atoms. The molecule has 1 aliphatic rings. The van der Waals surface area contributed by atoms with Gasteiger partial charge in [-0.3, -0.25) is 9.59 Å². The third-order valence-corrected chi connectivity index (χ3v) is 4.21. The minimum atomic E-state index is -0.119. The second kappa shape index (κ2) is 6.22. The van der Waals surface area contributed by atoms with E-state index in [1.165, 1.54) is 4.68 Å². The zero-order valence-electron chi connectivity index (χ0n) is 11.6. The van der Waals surface area contributed by atoms with Gasteiger partial charge in [0.2, 0.25) is 5.91 Å². The lowest BCUT2D eigenvalue weighted by molar-refractivity contribution is -0.120. The molecule has 0 bridgehead atoms. The van der Waals surface area contributed by atoms with Gasteiger partial charge < -0.3 is 5.32 Å². The van der Waals surface area contributed by atoms with Crippen molar-refractivity contribution in [1.29, 1.82) is 0 Å². The van der Waals surface area contributed by atoms with Crippen LogP contribution in [0.3, 0.4) is 0 Å². The summed E-state index contributed by atoms with van der Waals surface area (Å²) in [4.78, 5) is 23.5. The van der Waals surface area contributed by atoms with Crippen LogP contribution in [-0.2, 0) is 17.8 Å². The molecular formula is C15H17N3O2S. The van der Waals surface area contributed by atoms with Crippen molar-refractivity contribution in [3.05, 3.63) is 50.6 Å². The molecule has 0 aromatic carbocycles. The number of hydrogen-bond donors (Lipinski definition) is 1. The Bertz CT molecular complexity index is 674. The van der Waals surface area contributed by atoms with Crippen molar-refractivity contribution in [2.75, 3.05) is 6.54 Å². The average Bonchev–Trinajstić information content (AvgIpc) is 3.19. The van der Waals surface area contributed by atoms with Crippen LogP contribution < -0.4 is 10.9 Å². The first-order chi connectivity index (χ1) is 10.2. The highest BCUT2D eigenvalue weighted by molar-refractivity contribution is 7.07. The number of amides is 1. The molecule has 1 fully saturated rings. The molecule has 0 radical (unpaired) electrons. The van der Waals surface area contributed by atoms with Gasteiger partial charge in [-0.15, -0.1) is 0 Å². The highest BCUT2D eigenvalue weighted by atomic mass is 32.1. The average molecular weight is 303 g/mol. The van der Waals surface area contributed by atoms with E-state index in [1.54, 1.807) is 17.4 Å². The lowest BCUT2D eigenvalue weighted by Crippen LogP contribution is -2.32. The van der Waals surface area contributed by atoms with Crippen LogP contribution in [0.25, 0.3) is 0 Å². The smallest absolute Gasteiger partial charge is 0.266 e. The number of thiophene rings is 1. The molecule has 0 aliphatic heterocycles. The maximum absolute atomic E-state index is 11.8. The van der Waals surface area contributed by atoms with Crippen LogP contribution in [0, 0.1) is 0 Å². The summed E-state index contributed by atoms with van der Waals surface area (Å²) in [6.45, 7) is 0.832. The second-order valence-electron chi connectivity index (χ2n) is 5.25. The van der Waals surface area contributed by atoms with Gasteiger partial charge in [0.25, 0.3) is 5.56 Å². The van der Waals surface area contributed by atoms with Crippen LogP contribution in [0.5, 0.6) is 0 Å². The maximum Gasteiger partial charge on any atom is 0.266 e. The molecule has 0 atom stereocenters. The van der Waals surface area contributed by atoms with E-state index < -0.39 is 0 Å². The zero-order chi connectivity index (χ0) is 14.7. The van der Waals surface area contributed by atoms with Crippen molar-refractivity contribution in [2.24, 2.45) is 0 Å². The molecule has 0 saturated heterocycles. The molecule has 2 aromatic heterocycles. The van der Waals surface area contributed by atoms with Gasteiger partial charge in [-0.25, -0.2) is 4.68 Å². The normalized spacial score (nSPS) is 14.1. The van der Waals surface area contributed by atoms with Gasteiger partial charge in [-0.2, -0.15) is 16.4 Å². The molecule has 5 nitrogen and oxygen atoms in total. The largest absolute Gasteiger partial charge is 0.354 e. The maximum atomic E-state index is 11.8. The summed E-state index contributed by atoms with van der Waals surface area (Å²) in [5, 5.41) is 11.1. The summed E-state index contributed by atoms with van der Waals surface area (Å²) in [6.07, 6.45) is 2.69. The van der Waals surface area contributed by atoms with Crippen molar-refractivity contribution in [2.45, 2.75) is 31.7 Å². The Morgan fingerprint density at radius 3 is 2.95 bits per heavy atom. The topological polar surface area (TPSA) is 64.0 Å². The highest BCUT2D eigenvalue weighted by Crippen LogP contribution is 2.38. The van der Waals surface area contributed by atoms with Crippen molar-refractivity contribution >= 4 is 17.2 Å². The van der Waals surface area contributed by atoms with Crippen molar-refractivity contribution in [3.63, 3.8) is 0 Å². The van der Waals surface area contributed by atoms with Crippen LogP contribution in [0.15, 0.2) is 33.8 Å². The summed E-state index contributed by atoms with van der Waals surface area (Å²) >= 11 is 1.58. The standard InChI is InChI=1S/C15H17N3O2S/c19-14(9-11-5-8-21-10-11)16-6-7-18-15(20)4-3-13(17-18)12-1-2-12/h3-5,8,10,12H,1-2,6-7,9H2,(H,16,19). The van der Waals surface area contributed by atoms with Gasteiger partial charge in [0.05, 0.1) is 18.7 Å². The predicted molar refractivity (Wildman–Crippen MR) is 81.5 cm³/mol. The number of hydrogen-bond acceptors (Lipinski definition) is 4. The van der Waals surface area contributed by atoms with Crippen LogP contribution in [0.4, 0.5) is 0 Å². The molecule has 2 aromatic rings. The Kier molecular flexibility index (Phi) is 4.15. The Balaban J connectivity index is 1.51. The molecule has 110 valence electrons. The second-order valence-corrected chi connectivity index (χ2v) is 6.03. The number of rotatable bonds is 6. The van der Waals surface area contributed by atoms with Crippen LogP contribution in [-0.4, -0.2) is 22.2 Å². The van der Waals surface area contributed by atoms with Crippen molar-refractivity contribution in [3.8, 4) is 0 Å². The monoisotopic (exact) mass is 303 g/mol. The van der Waals surface area contributed by atoms with Gasteiger partial charge in [0, 0.05) is 18.5 Å². The summed E-state index contributed by atoms with van der Waals surface area (Å²) in [5.74, 6) is 0.491. The molecule has 6 heteroatoms. The molecular weight excluding hydrogens is 286 g/mol. The summed E-state index contributed by atoms with van der Waals surface area (Å²) in [7, 11) is 0. The van der Waals surface area contributed by atoms with E-state index in [9.17, 15) is 9.59 Å². The van der Waals surface area contributed by atoms with E-state index in [-0.39, 0.29) is 11.5 Å². The van der Waals surface area contributed by atoms with E-state index >= 15 is 0 Å². The third-order valence-electron chi connectivity index (χ3n) is 3.47. The van der Waals surface area contributed by atoms with E-state index in [1.807, 2.05) is 22.9 Å². The quantitative estimate of drug-likeness (QED) is 0.880. The lowest BCUT2D eigenvalue weighted by Gasteiger charge is -2.07. The van der Waals surface area contributed by atoms with Gasteiger partial charge in [0.15, 0.2) is 0 Å². The van der Waals surface area contributed by atoms with Crippen LogP contribution in [0.2, 0.25) is 0 Å². The lowest BCUT2D eigenvalue weighted by atomic mass is 10.2. The third kappa shape index (κ3) is 3.78. The predicted octanol–water partition coefficient (Wildman–Crippen LogP) is 1.54. The van der Waals surface area contributed by atoms with Gasteiger partial charge in [0.1, 0.15) is 0 Å². The fraction of sp³-hybridized carbons (Fsp3) is 0.400. The minimum Gasteiger partial charge on any atom is -0.354 e. The Morgan fingerprint density at radius 1 is 1.38 bits per heavy atom. The number of carbonyl (C=O) groups excluding carboxylic acids is 1. The first-order valence-corrected chi connectivity index (χ1v) is 8.02. The number of nitrogens with zero attached hydrogens (tertiary/aromatic N) is 2. The SMILES string of the molecule is O=C(Cc1ccsc1)NCCn1nc(C2CC2)ccc1=O. The molecule has 0 unspecified atom stereocenters. The van der Waals surface area contributed by atoms with Crippen LogP contribution in [0.1, 0.15) is 30.0 Å². The number of nitrogens with one attached hydrogen (secondary N) is 1. The van der Waals surface area contributed by atoms with Gasteiger partial charge in [-0.05, 0) is 41.3 Å². The Hall–Kier alpha value is -1.95. The summed E-state index contributed by atoms with van der Waals surface area (Å²) < 4.78 is 1.44. The molecule has 21 heavy (non-hydrogen) atoms. The van der Waals surface area contributed by atoms with Crippen molar-refractivity contribution in [1.82, 2.24) is 15.1 Å². The molecule has 1 N–H and O–H groups in total. The highest BCUT2D eigenvalue weighted by Gasteiger charge is 2.25. The van der Waals surface area contributed by atoms with E-state index in [4.69, 9.17) is 0 Å². The fourth-order valence-corrected chi connectivity index (χ4v) is 2.83. The molecule has 1 aliphatic carbocycles. The Labute approximate surface area is 126 Å². The first-order valence-electron chi connectivity index (χ1n) is 7.08. The van der Waals surface area contributed by atoms with Crippen LogP contribution >= 0.6 is 11.3 Å². The minimum absolute atomic E-state index is 0.0280. The fourth-order valence-electron chi connectivity index (χ4n) is 2.16. The Morgan fingerprint density at radius 2 is 2.24 bits per heavy atom. The van der Waals surface area contributed by atoms with E-state index in [0.717, 1.165) is 24.1 Å². The van der Waals surface area contributed by atoms with E-state index in [0.29, 0.717) is 25.4 Å². The van der Waals surface area contributed by atoms with Gasteiger partial charge >= 0.3 is 0 Å². The number of carbonyl (C=O) groups is 1. The summed E-state index contributed by atoms with van der Waals surface area (Å²) in [6, 6.07) is 5.31. The molecule has 3 rings (SSSR count). The molecule has 2 heterocycles. The van der Waals surface area contributed by atoms with E-state index in [2.05, 4.69) is 10.4 Å². The van der Waals surface area contributed by atoms with Gasteiger partial charge in [-0.1, -0.05) is 0 Å². The molecule has 1 saturated carbocycles. The van der Waals surface area contributed by atoms with Crippen molar-refractivity contribution < 1.29 is 4.79 Å². The number of aromatic nitrogens is 2. The first kappa shape index (κ1) is 14.0. The molecule has 1 amide bonds.